The van der Waals surface area contributed by atoms with Crippen LogP contribution in [0.3, 0.4) is 0 Å². The molecule has 22 heavy (non-hydrogen) atoms. The number of halogens is 1. The van der Waals surface area contributed by atoms with E-state index in [9.17, 15) is 9.18 Å². The number of carbonyl (C=O) groups is 1. The van der Waals surface area contributed by atoms with Gasteiger partial charge in [-0.05, 0) is 49.9 Å². The van der Waals surface area contributed by atoms with Gasteiger partial charge in [-0.1, -0.05) is 11.8 Å². The monoisotopic (exact) mass is 321 g/mol. The lowest BCUT2D eigenvalue weighted by molar-refractivity contribution is -0.119. The van der Waals surface area contributed by atoms with E-state index in [0.29, 0.717) is 22.6 Å². The van der Waals surface area contributed by atoms with Gasteiger partial charge < -0.3 is 9.73 Å². The van der Waals surface area contributed by atoms with E-state index in [1.807, 2.05) is 6.92 Å². The Kier molecular flexibility index (Phi) is 4.42. The van der Waals surface area contributed by atoms with Crippen LogP contribution in [0, 0.1) is 11.7 Å². The van der Waals surface area contributed by atoms with Crippen LogP contribution in [-0.2, 0) is 4.79 Å². The first kappa shape index (κ1) is 15.0. The molecule has 1 aromatic heterocycles. The van der Waals surface area contributed by atoms with Gasteiger partial charge in [0, 0.05) is 11.6 Å². The highest BCUT2D eigenvalue weighted by Gasteiger charge is 2.28. The highest BCUT2D eigenvalue weighted by molar-refractivity contribution is 7.99. The molecule has 1 fully saturated rings. The number of thioether (sulfide) groups is 1. The van der Waals surface area contributed by atoms with Crippen LogP contribution in [0.1, 0.15) is 19.8 Å². The molecule has 1 heterocycles. The van der Waals surface area contributed by atoms with Crippen molar-refractivity contribution < 1.29 is 13.6 Å². The minimum atomic E-state index is -0.320. The van der Waals surface area contributed by atoms with Crippen molar-refractivity contribution in [3.63, 3.8) is 0 Å². The number of hydrogen-bond donors (Lipinski definition) is 1. The summed E-state index contributed by atoms with van der Waals surface area (Å²) in [6.07, 6.45) is 2.39. The summed E-state index contributed by atoms with van der Waals surface area (Å²) in [7, 11) is 0. The molecule has 3 rings (SSSR count). The van der Waals surface area contributed by atoms with Crippen LogP contribution >= 0.6 is 11.8 Å². The van der Waals surface area contributed by atoms with Crippen LogP contribution in [0.4, 0.5) is 4.39 Å². The number of amides is 1. The van der Waals surface area contributed by atoms with Crippen molar-refractivity contribution in [2.75, 3.05) is 5.75 Å². The fourth-order valence-electron chi connectivity index (χ4n) is 2.11. The Balaban J connectivity index is 1.53. The number of nitrogens with zero attached hydrogens (tertiary/aromatic N) is 2. The second-order valence-corrected chi connectivity index (χ2v) is 6.29. The van der Waals surface area contributed by atoms with Crippen molar-refractivity contribution in [3.8, 4) is 11.5 Å². The summed E-state index contributed by atoms with van der Waals surface area (Å²) in [6.45, 7) is 2.03. The minimum Gasteiger partial charge on any atom is -0.411 e. The SMILES string of the molecule is C[C@H](NC(=O)CSc1nnc(-c2ccc(F)cc2)o1)C1CC1. The Labute approximate surface area is 131 Å². The maximum atomic E-state index is 12.9. The lowest BCUT2D eigenvalue weighted by Gasteiger charge is -2.11. The van der Waals surface area contributed by atoms with Crippen LogP contribution in [0.15, 0.2) is 33.9 Å². The molecule has 0 unspecified atom stereocenters. The standard InChI is InChI=1S/C15H16FN3O2S/c1-9(10-2-3-10)17-13(20)8-22-15-19-18-14(21-15)11-4-6-12(16)7-5-11/h4-7,9-10H,2-3,8H2,1H3,(H,17,20)/t9-/m0/s1. The van der Waals surface area contributed by atoms with Gasteiger partial charge >= 0.3 is 0 Å². The van der Waals surface area contributed by atoms with Crippen LogP contribution < -0.4 is 5.32 Å². The Hall–Kier alpha value is -1.89. The Bertz CT molecular complexity index is 655. The third kappa shape index (κ3) is 3.85. The lowest BCUT2D eigenvalue weighted by Crippen LogP contribution is -2.35. The van der Waals surface area contributed by atoms with Gasteiger partial charge in [-0.25, -0.2) is 4.39 Å². The van der Waals surface area contributed by atoms with E-state index >= 15 is 0 Å². The maximum absolute atomic E-state index is 12.9. The number of rotatable bonds is 6. The van der Waals surface area contributed by atoms with Gasteiger partial charge in [0.2, 0.25) is 11.8 Å². The fraction of sp³-hybridized carbons (Fsp3) is 0.400. The summed E-state index contributed by atoms with van der Waals surface area (Å²) in [6, 6.07) is 6.03. The number of carbonyl (C=O) groups excluding carboxylic acids is 1. The van der Waals surface area contributed by atoms with Gasteiger partial charge in [0.15, 0.2) is 0 Å². The van der Waals surface area contributed by atoms with Crippen LogP contribution in [0.5, 0.6) is 0 Å². The number of hydrogen-bond acceptors (Lipinski definition) is 5. The molecule has 2 aromatic rings. The molecule has 5 nitrogen and oxygen atoms in total. The fourth-order valence-corrected chi connectivity index (χ4v) is 2.69. The summed E-state index contributed by atoms with van der Waals surface area (Å²) in [5.41, 5.74) is 0.646. The van der Waals surface area contributed by atoms with E-state index in [0.717, 1.165) is 0 Å². The predicted molar refractivity (Wildman–Crippen MR) is 80.7 cm³/mol. The van der Waals surface area contributed by atoms with E-state index in [2.05, 4.69) is 15.5 Å². The number of aromatic nitrogens is 2. The largest absolute Gasteiger partial charge is 0.411 e. The molecule has 7 heteroatoms. The van der Waals surface area contributed by atoms with Crippen molar-refractivity contribution in [1.82, 2.24) is 15.5 Å². The molecular weight excluding hydrogens is 305 g/mol. The molecule has 0 aliphatic heterocycles. The summed E-state index contributed by atoms with van der Waals surface area (Å²) in [5, 5.41) is 11.1. The maximum Gasteiger partial charge on any atom is 0.277 e. The topological polar surface area (TPSA) is 68.0 Å². The molecule has 1 saturated carbocycles. The molecular formula is C15H16FN3O2S. The average Bonchev–Trinajstić information content (AvgIpc) is 3.25. The molecule has 0 saturated heterocycles. The first-order chi connectivity index (χ1) is 10.6. The zero-order valence-corrected chi connectivity index (χ0v) is 12.9. The normalized spacial score (nSPS) is 15.5. The van der Waals surface area contributed by atoms with E-state index < -0.39 is 0 Å². The van der Waals surface area contributed by atoms with E-state index in [1.165, 1.54) is 36.7 Å². The van der Waals surface area contributed by atoms with Crippen molar-refractivity contribution >= 4 is 17.7 Å². The summed E-state index contributed by atoms with van der Waals surface area (Å²) in [4.78, 5) is 11.8. The Morgan fingerprint density at radius 2 is 2.14 bits per heavy atom. The van der Waals surface area contributed by atoms with Gasteiger partial charge in [-0.15, -0.1) is 10.2 Å². The van der Waals surface area contributed by atoms with Crippen molar-refractivity contribution in [2.45, 2.75) is 31.0 Å². The molecule has 1 aliphatic rings. The number of benzene rings is 1. The zero-order chi connectivity index (χ0) is 15.5. The van der Waals surface area contributed by atoms with Gasteiger partial charge in [0.05, 0.1) is 5.75 Å². The zero-order valence-electron chi connectivity index (χ0n) is 12.1. The molecule has 0 spiro atoms. The van der Waals surface area contributed by atoms with E-state index in [4.69, 9.17) is 4.42 Å². The molecule has 0 bridgehead atoms. The van der Waals surface area contributed by atoms with Gasteiger partial charge in [0.25, 0.3) is 5.22 Å². The first-order valence-corrected chi connectivity index (χ1v) is 8.12. The van der Waals surface area contributed by atoms with E-state index in [1.54, 1.807) is 12.1 Å². The lowest BCUT2D eigenvalue weighted by atomic mass is 10.2. The molecule has 116 valence electrons. The van der Waals surface area contributed by atoms with Crippen LogP contribution in [0.25, 0.3) is 11.5 Å². The van der Waals surface area contributed by atoms with E-state index in [-0.39, 0.29) is 23.5 Å². The first-order valence-electron chi connectivity index (χ1n) is 7.13. The second kappa shape index (κ2) is 6.48. The third-order valence-corrected chi connectivity index (χ3v) is 4.36. The molecule has 1 aromatic carbocycles. The molecule has 1 atom stereocenters. The van der Waals surface area contributed by atoms with Crippen molar-refractivity contribution in [1.29, 1.82) is 0 Å². The predicted octanol–water partition coefficient (Wildman–Crippen LogP) is 2.88. The third-order valence-electron chi connectivity index (χ3n) is 3.54. The van der Waals surface area contributed by atoms with Crippen molar-refractivity contribution in [3.05, 3.63) is 30.1 Å². The average molecular weight is 321 g/mol. The van der Waals surface area contributed by atoms with Gasteiger partial charge in [-0.3, -0.25) is 4.79 Å². The minimum absolute atomic E-state index is 0.0362. The Morgan fingerprint density at radius 1 is 1.41 bits per heavy atom. The molecule has 1 amide bonds. The quantitative estimate of drug-likeness (QED) is 0.829. The Morgan fingerprint density at radius 3 is 2.82 bits per heavy atom. The molecule has 1 N–H and O–H groups in total. The molecule has 1 aliphatic carbocycles. The summed E-state index contributed by atoms with van der Waals surface area (Å²) >= 11 is 1.19. The van der Waals surface area contributed by atoms with Crippen LogP contribution in [0.2, 0.25) is 0 Å². The summed E-state index contributed by atoms with van der Waals surface area (Å²) in [5.74, 6) is 0.823. The number of nitrogens with one attached hydrogen (secondary N) is 1. The van der Waals surface area contributed by atoms with Gasteiger partial charge in [0.1, 0.15) is 5.82 Å². The summed E-state index contributed by atoms with van der Waals surface area (Å²) < 4.78 is 18.3. The molecule has 0 radical (unpaired) electrons. The second-order valence-electron chi connectivity index (χ2n) is 5.36. The highest BCUT2D eigenvalue weighted by atomic mass is 32.2. The van der Waals surface area contributed by atoms with Crippen molar-refractivity contribution in [2.24, 2.45) is 5.92 Å². The van der Waals surface area contributed by atoms with Crippen LogP contribution in [-0.4, -0.2) is 27.9 Å². The highest BCUT2D eigenvalue weighted by Crippen LogP contribution is 2.32. The van der Waals surface area contributed by atoms with Gasteiger partial charge in [-0.2, -0.15) is 0 Å². The smallest absolute Gasteiger partial charge is 0.277 e.